The maximum atomic E-state index is 11.4. The number of carbonyl (C=O) groups is 2. The van der Waals surface area contributed by atoms with E-state index in [2.05, 4.69) is 5.32 Å². The quantitative estimate of drug-likeness (QED) is 0.624. The van der Waals surface area contributed by atoms with Gasteiger partial charge in [0.15, 0.2) is 0 Å². The Hall–Kier alpha value is -1.90. The summed E-state index contributed by atoms with van der Waals surface area (Å²) >= 11 is 0. The largest absolute Gasteiger partial charge is 0.319 e. The Balaban J connectivity index is 2.68. The first-order chi connectivity index (χ1) is 7.49. The minimum absolute atomic E-state index is 0.527. The standard InChI is InChI=1S/C13H15NO2/c1-9(2)8-12(15)13(16)14-11-6-4-10(3)5-7-11/h4-8H,1-3H3,(H,14,16). The van der Waals surface area contributed by atoms with E-state index in [0.29, 0.717) is 5.69 Å². The average molecular weight is 217 g/mol. The molecule has 0 aliphatic rings. The molecule has 0 fully saturated rings. The number of carbonyl (C=O) groups excluding carboxylic acids is 2. The van der Waals surface area contributed by atoms with Gasteiger partial charge in [-0.2, -0.15) is 0 Å². The van der Waals surface area contributed by atoms with Crippen molar-refractivity contribution in [2.75, 3.05) is 5.32 Å². The van der Waals surface area contributed by atoms with Crippen LogP contribution >= 0.6 is 0 Å². The number of amides is 1. The number of rotatable bonds is 3. The summed E-state index contributed by atoms with van der Waals surface area (Å²) in [4.78, 5) is 22.8. The van der Waals surface area contributed by atoms with Gasteiger partial charge >= 0.3 is 0 Å². The first-order valence-electron chi connectivity index (χ1n) is 5.06. The number of anilines is 1. The van der Waals surface area contributed by atoms with Crippen molar-refractivity contribution < 1.29 is 9.59 Å². The molecule has 3 heteroatoms. The van der Waals surface area contributed by atoms with Gasteiger partial charge in [-0.05, 0) is 39.0 Å². The van der Waals surface area contributed by atoms with E-state index in [1.165, 1.54) is 6.08 Å². The maximum Gasteiger partial charge on any atom is 0.296 e. The van der Waals surface area contributed by atoms with Crippen LogP contribution in [0.5, 0.6) is 0 Å². The molecule has 1 amide bonds. The summed E-state index contributed by atoms with van der Waals surface area (Å²) in [5.74, 6) is -1.13. The Labute approximate surface area is 95.2 Å². The number of hydrogen-bond donors (Lipinski definition) is 1. The molecule has 0 saturated carbocycles. The van der Waals surface area contributed by atoms with Gasteiger partial charge in [0.1, 0.15) is 0 Å². The van der Waals surface area contributed by atoms with Crippen LogP contribution in [0.2, 0.25) is 0 Å². The van der Waals surface area contributed by atoms with Crippen molar-refractivity contribution in [2.45, 2.75) is 20.8 Å². The lowest BCUT2D eigenvalue weighted by atomic mass is 10.2. The SMILES string of the molecule is CC(C)=CC(=O)C(=O)Nc1ccc(C)cc1. The van der Waals surface area contributed by atoms with Crippen LogP contribution in [0.15, 0.2) is 35.9 Å². The predicted octanol–water partition coefficient (Wildman–Crippen LogP) is 2.47. The van der Waals surface area contributed by atoms with Gasteiger partial charge in [0.05, 0.1) is 0 Å². The number of aryl methyl sites for hydroxylation is 1. The molecule has 0 aliphatic heterocycles. The van der Waals surface area contributed by atoms with E-state index < -0.39 is 11.7 Å². The molecule has 0 bridgehead atoms. The maximum absolute atomic E-state index is 11.4. The second kappa shape index (κ2) is 5.26. The molecule has 84 valence electrons. The van der Waals surface area contributed by atoms with Crippen LogP contribution in [-0.2, 0) is 9.59 Å². The van der Waals surface area contributed by atoms with Crippen molar-refractivity contribution >= 4 is 17.4 Å². The van der Waals surface area contributed by atoms with Crippen LogP contribution in [0.3, 0.4) is 0 Å². The van der Waals surface area contributed by atoms with Crippen molar-refractivity contribution in [3.8, 4) is 0 Å². The molecule has 0 spiro atoms. The Bertz CT molecular complexity index is 426. The zero-order valence-electron chi connectivity index (χ0n) is 9.70. The first kappa shape index (κ1) is 12.2. The highest BCUT2D eigenvalue weighted by atomic mass is 16.2. The Morgan fingerprint density at radius 3 is 2.19 bits per heavy atom. The third-order valence-electron chi connectivity index (χ3n) is 1.95. The molecule has 1 N–H and O–H groups in total. The Morgan fingerprint density at radius 2 is 1.69 bits per heavy atom. The fourth-order valence-electron chi connectivity index (χ4n) is 1.16. The van der Waals surface area contributed by atoms with E-state index >= 15 is 0 Å². The molecule has 1 rings (SSSR count). The van der Waals surface area contributed by atoms with Crippen LogP contribution < -0.4 is 5.32 Å². The molecule has 0 unspecified atom stereocenters. The van der Waals surface area contributed by atoms with Gasteiger partial charge in [-0.3, -0.25) is 9.59 Å². The average Bonchev–Trinajstić information content (AvgIpc) is 2.20. The molecule has 0 aliphatic carbocycles. The third kappa shape index (κ3) is 3.69. The van der Waals surface area contributed by atoms with E-state index in [9.17, 15) is 9.59 Å². The lowest BCUT2D eigenvalue weighted by Gasteiger charge is -2.02. The third-order valence-corrected chi connectivity index (χ3v) is 1.95. The molecule has 16 heavy (non-hydrogen) atoms. The van der Waals surface area contributed by atoms with Crippen LogP contribution in [0.1, 0.15) is 19.4 Å². The summed E-state index contributed by atoms with van der Waals surface area (Å²) in [7, 11) is 0. The Morgan fingerprint density at radius 1 is 1.12 bits per heavy atom. The van der Waals surface area contributed by atoms with Gasteiger partial charge in [0, 0.05) is 5.69 Å². The summed E-state index contributed by atoms with van der Waals surface area (Å²) in [6.07, 6.45) is 1.32. The van der Waals surface area contributed by atoms with E-state index in [-0.39, 0.29) is 0 Å². The van der Waals surface area contributed by atoms with Crippen LogP contribution in [0.4, 0.5) is 5.69 Å². The number of benzene rings is 1. The normalized spacial score (nSPS) is 9.44. The monoisotopic (exact) mass is 217 g/mol. The molecule has 0 radical (unpaired) electrons. The molecule has 1 aromatic rings. The van der Waals surface area contributed by atoms with Crippen molar-refractivity contribution in [3.63, 3.8) is 0 Å². The van der Waals surface area contributed by atoms with Crippen molar-refractivity contribution in [1.82, 2.24) is 0 Å². The fourth-order valence-corrected chi connectivity index (χ4v) is 1.16. The lowest BCUT2D eigenvalue weighted by molar-refractivity contribution is -0.132. The van der Waals surface area contributed by atoms with E-state index in [1.807, 2.05) is 19.1 Å². The van der Waals surface area contributed by atoms with Gasteiger partial charge in [0.2, 0.25) is 5.78 Å². The molecule has 0 saturated heterocycles. The molecular formula is C13H15NO2. The van der Waals surface area contributed by atoms with Crippen molar-refractivity contribution in [3.05, 3.63) is 41.5 Å². The summed E-state index contributed by atoms with van der Waals surface area (Å²) in [5, 5.41) is 2.54. The van der Waals surface area contributed by atoms with Crippen LogP contribution in [0, 0.1) is 6.92 Å². The van der Waals surface area contributed by atoms with E-state index in [1.54, 1.807) is 26.0 Å². The summed E-state index contributed by atoms with van der Waals surface area (Å²) in [6.45, 7) is 5.51. The molecule has 0 aromatic heterocycles. The Kier molecular flexibility index (Phi) is 4.00. The minimum atomic E-state index is -0.606. The second-order valence-electron chi connectivity index (χ2n) is 3.91. The van der Waals surface area contributed by atoms with Gasteiger partial charge in [-0.25, -0.2) is 0 Å². The molecular weight excluding hydrogens is 202 g/mol. The van der Waals surface area contributed by atoms with Gasteiger partial charge in [-0.15, -0.1) is 0 Å². The van der Waals surface area contributed by atoms with Crippen LogP contribution in [-0.4, -0.2) is 11.7 Å². The van der Waals surface area contributed by atoms with Gasteiger partial charge < -0.3 is 5.32 Å². The highest BCUT2D eigenvalue weighted by Gasteiger charge is 2.10. The highest BCUT2D eigenvalue weighted by molar-refractivity contribution is 6.44. The van der Waals surface area contributed by atoms with E-state index in [4.69, 9.17) is 0 Å². The predicted molar refractivity (Wildman–Crippen MR) is 64.2 cm³/mol. The molecule has 3 nitrogen and oxygen atoms in total. The number of allylic oxidation sites excluding steroid dienone is 1. The zero-order chi connectivity index (χ0) is 12.1. The van der Waals surface area contributed by atoms with Crippen molar-refractivity contribution in [1.29, 1.82) is 0 Å². The highest BCUT2D eigenvalue weighted by Crippen LogP contribution is 2.08. The molecule has 1 aromatic carbocycles. The smallest absolute Gasteiger partial charge is 0.296 e. The summed E-state index contributed by atoms with van der Waals surface area (Å²) in [5.41, 5.74) is 2.55. The molecule has 0 heterocycles. The van der Waals surface area contributed by atoms with Crippen LogP contribution in [0.25, 0.3) is 0 Å². The fraction of sp³-hybridized carbons (Fsp3) is 0.231. The zero-order valence-corrected chi connectivity index (χ0v) is 9.70. The number of ketones is 1. The second-order valence-corrected chi connectivity index (χ2v) is 3.91. The topological polar surface area (TPSA) is 46.2 Å². The van der Waals surface area contributed by atoms with Gasteiger partial charge in [-0.1, -0.05) is 23.3 Å². The van der Waals surface area contributed by atoms with E-state index in [0.717, 1.165) is 11.1 Å². The first-order valence-corrected chi connectivity index (χ1v) is 5.06. The molecule has 0 atom stereocenters. The number of hydrogen-bond acceptors (Lipinski definition) is 2. The van der Waals surface area contributed by atoms with Crippen molar-refractivity contribution in [2.24, 2.45) is 0 Å². The summed E-state index contributed by atoms with van der Waals surface area (Å²) in [6, 6.07) is 7.29. The summed E-state index contributed by atoms with van der Waals surface area (Å²) < 4.78 is 0. The minimum Gasteiger partial charge on any atom is -0.319 e. The number of nitrogens with one attached hydrogen (secondary N) is 1. The lowest BCUT2D eigenvalue weighted by Crippen LogP contribution is -2.20. The van der Waals surface area contributed by atoms with Gasteiger partial charge in [0.25, 0.3) is 5.91 Å².